The van der Waals surface area contributed by atoms with Crippen molar-refractivity contribution in [3.8, 4) is 0 Å². The van der Waals surface area contributed by atoms with Gasteiger partial charge in [-0.05, 0) is 19.3 Å². The summed E-state index contributed by atoms with van der Waals surface area (Å²) < 4.78 is 44.5. The Morgan fingerprint density at radius 1 is 1.31 bits per heavy atom. The smallest absolute Gasteiger partial charge is 0.277 e. The Balaban J connectivity index is 2.67. The lowest BCUT2D eigenvalue weighted by atomic mass is 10.2. The van der Waals surface area contributed by atoms with Gasteiger partial charge in [0.2, 0.25) is 0 Å². The summed E-state index contributed by atoms with van der Waals surface area (Å²) in [6, 6.07) is 8.68. The zero-order valence-corrected chi connectivity index (χ0v) is 8.69. The number of amidine groups is 1. The molecular weight excluding hydrogens is 200 g/mol. The quantitative estimate of drug-likeness (QED) is 0.668. The topological polar surface area (TPSA) is 32.7 Å². The van der Waals surface area contributed by atoms with Crippen LogP contribution in [0.2, 0.25) is 0 Å². The van der Waals surface area contributed by atoms with E-state index in [-0.39, 0.29) is 5.84 Å². The summed E-state index contributed by atoms with van der Waals surface area (Å²) in [6.07, 6.45) is 0. The highest BCUT2D eigenvalue weighted by Gasteiger charge is 2.28. The number of carbonyl (C=O) groups excluding carboxylic acids is 1. The fourth-order valence-electron chi connectivity index (χ4n) is 1.49. The molecule has 0 aliphatic carbocycles. The Hall–Kier alpha value is -1.90. The second-order valence-corrected chi connectivity index (χ2v) is 3.39. The minimum atomic E-state index is -2.92. The highest BCUT2D eigenvalue weighted by molar-refractivity contribution is 6.18. The summed E-state index contributed by atoms with van der Waals surface area (Å²) in [4.78, 5) is 17.4. The molecule has 0 saturated heterocycles. The molecule has 0 aromatic heterocycles. The van der Waals surface area contributed by atoms with E-state index in [2.05, 4.69) is 4.99 Å². The number of aliphatic imine (C=N–C) groups is 1. The van der Waals surface area contributed by atoms with E-state index in [4.69, 9.17) is 8.22 Å². The van der Waals surface area contributed by atoms with Crippen LogP contribution in [0.15, 0.2) is 46.6 Å². The Bertz CT molecular complexity index is 641. The van der Waals surface area contributed by atoms with Crippen LogP contribution in [0.25, 0.3) is 0 Å². The fraction of sp³-hybridized carbons (Fsp3) is 0.231. The maximum Gasteiger partial charge on any atom is 0.277 e. The van der Waals surface area contributed by atoms with Gasteiger partial charge in [0.05, 0.1) is 0 Å². The maximum absolute atomic E-state index is 12.3. The fourth-order valence-corrected chi connectivity index (χ4v) is 1.49. The number of likely N-dealkylation sites (N-methyl/N-ethyl adjacent to an activating group) is 1. The number of nitrogens with zero attached hydrogens (tertiary/aromatic N) is 2. The van der Waals surface area contributed by atoms with Crippen molar-refractivity contribution in [3.63, 3.8) is 0 Å². The molecule has 1 aliphatic heterocycles. The minimum absolute atomic E-state index is 0.228. The lowest BCUT2D eigenvalue weighted by Gasteiger charge is -2.11. The predicted octanol–water partition coefficient (Wildman–Crippen LogP) is 2.20. The summed E-state index contributed by atoms with van der Waals surface area (Å²) in [6.45, 7) is -5.85. The molecule has 3 heteroatoms. The van der Waals surface area contributed by atoms with E-state index in [9.17, 15) is 4.79 Å². The zero-order valence-electron chi connectivity index (χ0n) is 14.7. The molecule has 1 heterocycles. The summed E-state index contributed by atoms with van der Waals surface area (Å²) in [7, 11) is 1.43. The largest absolute Gasteiger partial charge is 0.294 e. The first kappa shape index (κ1) is 5.43. The van der Waals surface area contributed by atoms with Crippen molar-refractivity contribution >= 4 is 11.7 Å². The molecule has 2 rings (SSSR count). The van der Waals surface area contributed by atoms with Gasteiger partial charge < -0.3 is 0 Å². The molecule has 0 bridgehead atoms. The highest BCUT2D eigenvalue weighted by Crippen LogP contribution is 2.20. The van der Waals surface area contributed by atoms with Gasteiger partial charge in [-0.25, -0.2) is 4.99 Å². The first-order valence-electron chi connectivity index (χ1n) is 7.71. The van der Waals surface area contributed by atoms with Crippen molar-refractivity contribution in [3.05, 3.63) is 47.2 Å². The number of hydrogen-bond donors (Lipinski definition) is 0. The molecule has 0 atom stereocenters. The van der Waals surface area contributed by atoms with Gasteiger partial charge in [-0.1, -0.05) is 30.3 Å². The van der Waals surface area contributed by atoms with Crippen molar-refractivity contribution in [2.75, 3.05) is 7.05 Å². The van der Waals surface area contributed by atoms with E-state index < -0.39 is 30.9 Å². The average molecular weight is 220 g/mol. The van der Waals surface area contributed by atoms with Crippen LogP contribution in [-0.2, 0) is 4.79 Å². The van der Waals surface area contributed by atoms with Gasteiger partial charge in [-0.15, -0.1) is 0 Å². The molecule has 16 heavy (non-hydrogen) atoms. The van der Waals surface area contributed by atoms with Crippen molar-refractivity contribution < 1.29 is 13.0 Å². The van der Waals surface area contributed by atoms with E-state index in [0.717, 1.165) is 4.90 Å². The van der Waals surface area contributed by atoms with Gasteiger partial charge in [0.25, 0.3) is 5.91 Å². The average Bonchev–Trinajstić information content (AvgIpc) is 2.65. The number of rotatable bonds is 1. The van der Waals surface area contributed by atoms with Crippen LogP contribution in [0.1, 0.15) is 27.5 Å². The van der Waals surface area contributed by atoms with Crippen LogP contribution in [0.3, 0.4) is 0 Å². The maximum atomic E-state index is 12.3. The monoisotopic (exact) mass is 220 g/mol. The molecule has 1 amide bonds. The van der Waals surface area contributed by atoms with E-state index in [1.54, 1.807) is 30.3 Å². The highest BCUT2D eigenvalue weighted by atomic mass is 16.2. The summed E-state index contributed by atoms with van der Waals surface area (Å²) in [5.74, 6) is -0.507. The molecule has 0 spiro atoms. The van der Waals surface area contributed by atoms with Crippen LogP contribution in [0.5, 0.6) is 0 Å². The van der Waals surface area contributed by atoms with E-state index in [1.165, 1.54) is 7.05 Å². The van der Waals surface area contributed by atoms with Gasteiger partial charge in [-0.3, -0.25) is 9.69 Å². The molecule has 82 valence electrons. The molecule has 1 aromatic carbocycles. The second-order valence-electron chi connectivity index (χ2n) is 3.39. The Kier molecular flexibility index (Phi) is 1.33. The molecule has 0 unspecified atom stereocenters. The third-order valence-electron chi connectivity index (χ3n) is 2.31. The van der Waals surface area contributed by atoms with Crippen LogP contribution in [0.4, 0.5) is 0 Å². The second kappa shape index (κ2) is 3.93. The van der Waals surface area contributed by atoms with Gasteiger partial charge >= 0.3 is 0 Å². The first-order chi connectivity index (χ1) is 10.0. The summed E-state index contributed by atoms with van der Waals surface area (Å²) in [5, 5.41) is 0. The number of benzene rings is 1. The molecule has 0 fully saturated rings. The van der Waals surface area contributed by atoms with Crippen LogP contribution < -0.4 is 0 Å². The lowest BCUT2D eigenvalue weighted by molar-refractivity contribution is -0.121. The van der Waals surface area contributed by atoms with Crippen molar-refractivity contribution in [1.82, 2.24) is 4.90 Å². The van der Waals surface area contributed by atoms with E-state index >= 15 is 0 Å². The van der Waals surface area contributed by atoms with Crippen molar-refractivity contribution in [1.29, 1.82) is 0 Å². The third kappa shape index (κ3) is 1.65. The van der Waals surface area contributed by atoms with Gasteiger partial charge in [0, 0.05) is 20.8 Å². The lowest BCUT2D eigenvalue weighted by Crippen LogP contribution is -2.28. The van der Waals surface area contributed by atoms with Gasteiger partial charge in [-0.2, -0.15) is 0 Å². The number of amides is 1. The number of allylic oxidation sites excluding steroid dienone is 1. The number of hydrogen-bond acceptors (Lipinski definition) is 2. The summed E-state index contributed by atoms with van der Waals surface area (Å²) in [5.41, 5.74) is -0.826. The normalized spacial score (nSPS) is 22.6. The standard InChI is InChI=1S/C13H14N2O/c1-9(2)11-13(16)15(3)12(14-11)10-7-5-4-6-8-10/h4-8H,1-3H3/i1D3,2D3. The van der Waals surface area contributed by atoms with Gasteiger partial charge in [0.1, 0.15) is 11.5 Å². The van der Waals surface area contributed by atoms with Crippen molar-refractivity contribution in [2.45, 2.75) is 13.7 Å². The third-order valence-corrected chi connectivity index (χ3v) is 2.31. The molecule has 1 aromatic rings. The van der Waals surface area contributed by atoms with E-state index in [1.807, 2.05) is 0 Å². The number of carbonyl (C=O) groups is 1. The predicted molar refractivity (Wildman–Crippen MR) is 64.1 cm³/mol. The SMILES string of the molecule is [2H]C([2H])([2H])C(=C1N=C(c2ccccc2)N(C)C1=O)C([2H])([2H])[2H]. The van der Waals surface area contributed by atoms with Gasteiger partial charge in [0.15, 0.2) is 0 Å². The molecule has 0 radical (unpaired) electrons. The molecular formula is C13H14N2O. The molecule has 3 nitrogen and oxygen atoms in total. The Morgan fingerprint density at radius 3 is 2.62 bits per heavy atom. The first-order valence-corrected chi connectivity index (χ1v) is 4.71. The molecule has 1 aliphatic rings. The van der Waals surface area contributed by atoms with Crippen LogP contribution in [-0.4, -0.2) is 23.7 Å². The molecule has 0 N–H and O–H groups in total. The molecule has 0 saturated carbocycles. The van der Waals surface area contributed by atoms with Crippen LogP contribution in [0, 0.1) is 0 Å². The van der Waals surface area contributed by atoms with Crippen LogP contribution >= 0.6 is 0 Å². The summed E-state index contributed by atoms with van der Waals surface area (Å²) >= 11 is 0. The van der Waals surface area contributed by atoms with E-state index in [0.29, 0.717) is 5.56 Å². The zero-order chi connectivity index (χ0) is 16.7. The minimum Gasteiger partial charge on any atom is -0.294 e. The van der Waals surface area contributed by atoms with Crippen molar-refractivity contribution in [2.24, 2.45) is 4.99 Å². The Labute approximate surface area is 104 Å². The Morgan fingerprint density at radius 2 is 2.00 bits per heavy atom.